The molecule has 0 bridgehead atoms. The van der Waals surface area contributed by atoms with E-state index < -0.39 is 0 Å². The van der Waals surface area contributed by atoms with E-state index in [0.717, 1.165) is 24.0 Å². The van der Waals surface area contributed by atoms with Gasteiger partial charge >= 0.3 is 0 Å². The van der Waals surface area contributed by atoms with Crippen LogP contribution < -0.4 is 0 Å². The second-order valence-electron chi connectivity index (χ2n) is 4.87. The molecule has 1 rings (SSSR count). The van der Waals surface area contributed by atoms with Gasteiger partial charge in [0.05, 0.1) is 0 Å². The molecule has 0 radical (unpaired) electrons. The predicted molar refractivity (Wildman–Crippen MR) is 70.2 cm³/mol. The third-order valence-corrected chi connectivity index (χ3v) is 3.04. The summed E-state index contributed by atoms with van der Waals surface area (Å²) in [5, 5.41) is 9.79. The lowest BCUT2D eigenvalue weighted by molar-refractivity contribution is -0.119. The lowest BCUT2D eigenvalue weighted by atomic mass is 9.92. The Bertz CT molecular complexity index is 362. The molecule has 94 valence electrons. The highest BCUT2D eigenvalue weighted by atomic mass is 16.3. The van der Waals surface area contributed by atoms with E-state index in [2.05, 4.69) is 6.92 Å². The average molecular weight is 234 g/mol. The number of carbonyl (C=O) groups is 1. The Morgan fingerprint density at radius 2 is 2.12 bits per heavy atom. The minimum Gasteiger partial charge on any atom is -0.508 e. The molecule has 0 aliphatic heterocycles. The van der Waals surface area contributed by atoms with Gasteiger partial charge < -0.3 is 5.11 Å². The first-order valence-corrected chi connectivity index (χ1v) is 6.33. The molecule has 0 aromatic heterocycles. The van der Waals surface area contributed by atoms with Gasteiger partial charge in [-0.15, -0.1) is 0 Å². The summed E-state index contributed by atoms with van der Waals surface area (Å²) in [6, 6.07) is 5.56. The maximum absolute atomic E-state index is 11.6. The van der Waals surface area contributed by atoms with Gasteiger partial charge in [0.1, 0.15) is 11.5 Å². The number of ketones is 1. The van der Waals surface area contributed by atoms with Crippen molar-refractivity contribution in [2.75, 3.05) is 0 Å². The van der Waals surface area contributed by atoms with Crippen LogP contribution in [0, 0.1) is 12.8 Å². The van der Waals surface area contributed by atoms with E-state index in [0.29, 0.717) is 30.3 Å². The van der Waals surface area contributed by atoms with Crippen LogP contribution in [0.15, 0.2) is 18.2 Å². The largest absolute Gasteiger partial charge is 0.508 e. The molecule has 1 aromatic rings. The summed E-state index contributed by atoms with van der Waals surface area (Å²) in [4.78, 5) is 11.6. The lowest BCUT2D eigenvalue weighted by Crippen LogP contribution is -2.08. The summed E-state index contributed by atoms with van der Waals surface area (Å²) in [6.45, 7) is 6.09. The van der Waals surface area contributed by atoms with Crippen LogP contribution in [0.1, 0.15) is 44.2 Å². The van der Waals surface area contributed by atoms with Crippen molar-refractivity contribution in [2.45, 2.75) is 46.5 Å². The van der Waals surface area contributed by atoms with Crippen molar-refractivity contribution in [3.8, 4) is 5.75 Å². The summed E-state index contributed by atoms with van der Waals surface area (Å²) in [5.74, 6) is 0.967. The van der Waals surface area contributed by atoms with Gasteiger partial charge in [-0.3, -0.25) is 4.79 Å². The highest BCUT2D eigenvalue weighted by Crippen LogP contribution is 2.25. The number of carbonyl (C=O) groups excluding carboxylic acids is 1. The number of rotatable bonds is 6. The first-order valence-electron chi connectivity index (χ1n) is 6.33. The Morgan fingerprint density at radius 1 is 1.41 bits per heavy atom. The Labute approximate surface area is 104 Å². The molecule has 0 spiro atoms. The predicted octanol–water partition coefficient (Wildman–Crippen LogP) is 3.64. The summed E-state index contributed by atoms with van der Waals surface area (Å²) in [5.41, 5.74) is 2.07. The number of Topliss-reactive ketones (excluding diaryl/α,β-unsaturated/α-hetero) is 1. The lowest BCUT2D eigenvalue weighted by Gasteiger charge is -2.13. The molecule has 0 heterocycles. The van der Waals surface area contributed by atoms with Crippen molar-refractivity contribution < 1.29 is 9.90 Å². The second kappa shape index (κ2) is 6.43. The molecular formula is C15H22O2. The summed E-state index contributed by atoms with van der Waals surface area (Å²) < 4.78 is 0. The Hall–Kier alpha value is -1.31. The minimum absolute atomic E-state index is 0.293. The Balaban J connectivity index is 2.62. The molecule has 1 aromatic carbocycles. The molecule has 0 aliphatic rings. The fourth-order valence-electron chi connectivity index (χ4n) is 2.14. The first kappa shape index (κ1) is 13.8. The maximum atomic E-state index is 11.6. The molecular weight excluding hydrogens is 212 g/mol. The zero-order valence-electron chi connectivity index (χ0n) is 11.0. The zero-order valence-corrected chi connectivity index (χ0v) is 11.0. The molecule has 17 heavy (non-hydrogen) atoms. The molecule has 1 N–H and O–H groups in total. The van der Waals surface area contributed by atoms with E-state index in [4.69, 9.17) is 0 Å². The van der Waals surface area contributed by atoms with E-state index in [1.807, 2.05) is 26.0 Å². The molecule has 1 unspecified atom stereocenters. The van der Waals surface area contributed by atoms with E-state index in [9.17, 15) is 9.90 Å². The smallest absolute Gasteiger partial charge is 0.133 e. The molecule has 0 aliphatic carbocycles. The first-order chi connectivity index (χ1) is 8.04. The monoisotopic (exact) mass is 234 g/mol. The average Bonchev–Trinajstić information content (AvgIpc) is 2.24. The van der Waals surface area contributed by atoms with Gasteiger partial charge in [-0.1, -0.05) is 26.0 Å². The van der Waals surface area contributed by atoms with Crippen molar-refractivity contribution >= 4 is 5.78 Å². The zero-order chi connectivity index (χ0) is 12.8. The van der Waals surface area contributed by atoms with Crippen LogP contribution in [0.25, 0.3) is 0 Å². The number of phenolic OH excluding ortho intramolecular Hbond substituents is 1. The second-order valence-corrected chi connectivity index (χ2v) is 4.87. The summed E-state index contributed by atoms with van der Waals surface area (Å²) in [7, 11) is 0. The number of hydrogen-bond donors (Lipinski definition) is 1. The van der Waals surface area contributed by atoms with Crippen molar-refractivity contribution in [2.24, 2.45) is 5.92 Å². The van der Waals surface area contributed by atoms with E-state index in [1.165, 1.54) is 0 Å². The standard InChI is InChI=1S/C15H22O2/c1-4-6-13(16)9-11(2)10-14-12(3)7-5-8-15(14)17/h5,7-8,11,17H,4,6,9-10H2,1-3H3. The van der Waals surface area contributed by atoms with E-state index >= 15 is 0 Å². The number of phenols is 1. The van der Waals surface area contributed by atoms with Gasteiger partial charge in [0.25, 0.3) is 0 Å². The van der Waals surface area contributed by atoms with Gasteiger partial charge in [-0.05, 0) is 42.9 Å². The molecule has 0 saturated carbocycles. The highest BCUT2D eigenvalue weighted by Gasteiger charge is 2.12. The van der Waals surface area contributed by atoms with Crippen LogP contribution in [0.2, 0.25) is 0 Å². The summed E-state index contributed by atoms with van der Waals surface area (Å²) >= 11 is 0. The third kappa shape index (κ3) is 4.22. The maximum Gasteiger partial charge on any atom is 0.133 e. The number of aromatic hydroxyl groups is 1. The number of benzene rings is 1. The van der Waals surface area contributed by atoms with E-state index in [-0.39, 0.29) is 0 Å². The molecule has 1 atom stereocenters. The molecule has 2 heteroatoms. The van der Waals surface area contributed by atoms with Crippen molar-refractivity contribution in [3.05, 3.63) is 29.3 Å². The quantitative estimate of drug-likeness (QED) is 0.816. The van der Waals surface area contributed by atoms with Gasteiger partial charge in [-0.2, -0.15) is 0 Å². The minimum atomic E-state index is 0.293. The van der Waals surface area contributed by atoms with Crippen molar-refractivity contribution in [3.63, 3.8) is 0 Å². The highest BCUT2D eigenvalue weighted by molar-refractivity contribution is 5.78. The fourth-order valence-corrected chi connectivity index (χ4v) is 2.14. The summed E-state index contributed by atoms with van der Waals surface area (Å²) in [6.07, 6.45) is 2.97. The van der Waals surface area contributed by atoms with Crippen LogP contribution >= 0.6 is 0 Å². The van der Waals surface area contributed by atoms with Gasteiger partial charge in [-0.25, -0.2) is 0 Å². The van der Waals surface area contributed by atoms with Crippen LogP contribution in [-0.4, -0.2) is 10.9 Å². The van der Waals surface area contributed by atoms with Crippen LogP contribution in [-0.2, 0) is 11.2 Å². The van der Waals surface area contributed by atoms with Crippen LogP contribution in [0.5, 0.6) is 5.75 Å². The Morgan fingerprint density at radius 3 is 2.71 bits per heavy atom. The molecule has 2 nitrogen and oxygen atoms in total. The van der Waals surface area contributed by atoms with E-state index in [1.54, 1.807) is 6.07 Å². The topological polar surface area (TPSA) is 37.3 Å². The van der Waals surface area contributed by atoms with Crippen LogP contribution in [0.3, 0.4) is 0 Å². The Kier molecular flexibility index (Phi) is 5.20. The number of aryl methyl sites for hydroxylation is 1. The van der Waals surface area contributed by atoms with Gasteiger partial charge in [0.2, 0.25) is 0 Å². The molecule has 0 fully saturated rings. The number of hydrogen-bond acceptors (Lipinski definition) is 2. The third-order valence-electron chi connectivity index (χ3n) is 3.04. The molecule has 0 saturated heterocycles. The van der Waals surface area contributed by atoms with Crippen molar-refractivity contribution in [1.29, 1.82) is 0 Å². The van der Waals surface area contributed by atoms with Gasteiger partial charge in [0.15, 0.2) is 0 Å². The van der Waals surface area contributed by atoms with Gasteiger partial charge in [0, 0.05) is 12.8 Å². The van der Waals surface area contributed by atoms with Crippen LogP contribution in [0.4, 0.5) is 0 Å². The van der Waals surface area contributed by atoms with Crippen molar-refractivity contribution in [1.82, 2.24) is 0 Å². The SMILES string of the molecule is CCCC(=O)CC(C)Cc1c(C)cccc1O. The fraction of sp³-hybridized carbons (Fsp3) is 0.533. The normalized spacial score (nSPS) is 12.4. The molecule has 0 amide bonds.